The van der Waals surface area contributed by atoms with Gasteiger partial charge in [-0.25, -0.2) is 0 Å². The van der Waals surface area contributed by atoms with Crippen molar-refractivity contribution < 1.29 is 14.3 Å². The summed E-state index contributed by atoms with van der Waals surface area (Å²) in [5, 5.41) is 3.42. The van der Waals surface area contributed by atoms with Gasteiger partial charge in [-0.3, -0.25) is 9.59 Å². The van der Waals surface area contributed by atoms with Crippen LogP contribution in [-0.4, -0.2) is 24.5 Å². The predicted octanol–water partition coefficient (Wildman–Crippen LogP) is 4.12. The lowest BCUT2D eigenvalue weighted by atomic mass is 10.1. The number of anilines is 2. The second kappa shape index (κ2) is 7.15. The highest BCUT2D eigenvalue weighted by molar-refractivity contribution is 6.30. The van der Waals surface area contributed by atoms with Gasteiger partial charge in [0.25, 0.3) is 11.8 Å². The Morgan fingerprint density at radius 2 is 1.96 bits per heavy atom. The zero-order valence-electron chi connectivity index (χ0n) is 14.1. The number of nitrogens with zero attached hydrogens (tertiary/aromatic N) is 1. The number of halogens is 1. The first kappa shape index (κ1) is 17.3. The molecule has 1 N–H and O–H groups in total. The minimum atomic E-state index is -0.506. The van der Waals surface area contributed by atoms with Gasteiger partial charge in [0.1, 0.15) is 5.75 Å². The Balaban J connectivity index is 1.86. The van der Waals surface area contributed by atoms with Crippen molar-refractivity contribution in [3.8, 4) is 5.75 Å². The minimum Gasteiger partial charge on any atom is -0.479 e. The molecule has 1 unspecified atom stereocenters. The van der Waals surface area contributed by atoms with E-state index in [2.05, 4.69) is 5.32 Å². The molecule has 0 spiro atoms. The summed E-state index contributed by atoms with van der Waals surface area (Å²) in [6, 6.07) is 12.0. The monoisotopic (exact) mass is 358 g/mol. The largest absolute Gasteiger partial charge is 0.479 e. The minimum absolute atomic E-state index is 0.0736. The fourth-order valence-electron chi connectivity index (χ4n) is 2.74. The zero-order valence-corrected chi connectivity index (χ0v) is 14.8. The Labute approximate surface area is 151 Å². The summed E-state index contributed by atoms with van der Waals surface area (Å²) < 4.78 is 5.66. The summed E-state index contributed by atoms with van der Waals surface area (Å²) in [6.07, 6.45) is 0.327. The first-order chi connectivity index (χ1) is 12.0. The van der Waals surface area contributed by atoms with E-state index in [-0.39, 0.29) is 11.8 Å². The van der Waals surface area contributed by atoms with Crippen LogP contribution in [0.5, 0.6) is 5.75 Å². The quantitative estimate of drug-likeness (QED) is 0.894. The fraction of sp³-hybridized carbons (Fsp3) is 0.263. The molecule has 0 aromatic heterocycles. The number of benzene rings is 2. The third-order valence-corrected chi connectivity index (χ3v) is 4.23. The van der Waals surface area contributed by atoms with E-state index in [0.29, 0.717) is 34.3 Å². The van der Waals surface area contributed by atoms with Gasteiger partial charge in [-0.2, -0.15) is 0 Å². The summed E-state index contributed by atoms with van der Waals surface area (Å²) in [6.45, 7) is 4.36. The van der Waals surface area contributed by atoms with E-state index < -0.39 is 6.10 Å². The van der Waals surface area contributed by atoms with Crippen LogP contribution in [0.4, 0.5) is 11.4 Å². The van der Waals surface area contributed by atoms with E-state index in [0.717, 1.165) is 6.42 Å². The lowest BCUT2D eigenvalue weighted by molar-refractivity contribution is -0.125. The van der Waals surface area contributed by atoms with Gasteiger partial charge in [-0.05, 0) is 55.8 Å². The van der Waals surface area contributed by atoms with E-state index in [1.165, 1.54) is 0 Å². The van der Waals surface area contributed by atoms with Gasteiger partial charge in [0, 0.05) is 22.8 Å². The lowest BCUT2D eigenvalue weighted by Crippen LogP contribution is -2.44. The predicted molar refractivity (Wildman–Crippen MR) is 98.6 cm³/mol. The van der Waals surface area contributed by atoms with Crippen LogP contribution < -0.4 is 15.0 Å². The van der Waals surface area contributed by atoms with E-state index in [1.54, 1.807) is 54.3 Å². The number of amides is 2. The van der Waals surface area contributed by atoms with Crippen molar-refractivity contribution in [2.24, 2.45) is 0 Å². The lowest BCUT2D eigenvalue weighted by Gasteiger charge is -2.33. The van der Waals surface area contributed by atoms with E-state index in [9.17, 15) is 9.59 Å². The fourth-order valence-corrected chi connectivity index (χ4v) is 2.87. The molecule has 1 heterocycles. The van der Waals surface area contributed by atoms with Crippen molar-refractivity contribution in [1.82, 2.24) is 0 Å². The maximum Gasteiger partial charge on any atom is 0.267 e. The van der Waals surface area contributed by atoms with Gasteiger partial charge < -0.3 is 15.0 Å². The van der Waals surface area contributed by atoms with Gasteiger partial charge >= 0.3 is 0 Å². The molecule has 0 saturated carbocycles. The number of hydrogen-bond donors (Lipinski definition) is 1. The standard InChI is InChI=1S/C19H19ClN2O3/c1-3-10-22-16-11-15(8-9-17(16)25-12(2)19(22)24)21-18(23)13-4-6-14(20)7-5-13/h4-9,11-12H,3,10H2,1-2H3,(H,21,23). The van der Waals surface area contributed by atoms with E-state index in [4.69, 9.17) is 16.3 Å². The summed E-state index contributed by atoms with van der Waals surface area (Å²) in [5.41, 5.74) is 1.79. The van der Waals surface area contributed by atoms with Crippen LogP contribution in [0.3, 0.4) is 0 Å². The number of fused-ring (bicyclic) bond motifs is 1. The molecule has 3 rings (SSSR count). The van der Waals surface area contributed by atoms with Gasteiger partial charge in [0.15, 0.2) is 6.10 Å². The van der Waals surface area contributed by atoms with Crippen molar-refractivity contribution in [3.05, 3.63) is 53.1 Å². The number of carbonyl (C=O) groups is 2. The van der Waals surface area contributed by atoms with Gasteiger partial charge in [-0.15, -0.1) is 0 Å². The Hall–Kier alpha value is -2.53. The molecule has 1 atom stereocenters. The van der Waals surface area contributed by atoms with Crippen LogP contribution in [0.15, 0.2) is 42.5 Å². The average molecular weight is 359 g/mol. The van der Waals surface area contributed by atoms with Crippen LogP contribution in [-0.2, 0) is 4.79 Å². The van der Waals surface area contributed by atoms with E-state index >= 15 is 0 Å². The molecule has 0 aliphatic carbocycles. The SMILES string of the molecule is CCCN1C(=O)C(C)Oc2ccc(NC(=O)c3ccc(Cl)cc3)cc21. The number of ether oxygens (including phenoxy) is 1. The molecule has 6 heteroatoms. The smallest absolute Gasteiger partial charge is 0.267 e. The number of carbonyl (C=O) groups excluding carboxylic acids is 2. The Morgan fingerprint density at radius 1 is 1.24 bits per heavy atom. The number of hydrogen-bond acceptors (Lipinski definition) is 3. The van der Waals surface area contributed by atoms with Crippen molar-refractivity contribution in [1.29, 1.82) is 0 Å². The van der Waals surface area contributed by atoms with Crippen LogP contribution in [0.25, 0.3) is 0 Å². The summed E-state index contributed by atoms with van der Waals surface area (Å²) in [5.74, 6) is 0.329. The molecule has 2 amide bonds. The maximum atomic E-state index is 12.4. The third-order valence-electron chi connectivity index (χ3n) is 3.98. The van der Waals surface area contributed by atoms with Crippen molar-refractivity contribution in [2.75, 3.05) is 16.8 Å². The Bertz CT molecular complexity index is 805. The zero-order chi connectivity index (χ0) is 18.0. The van der Waals surface area contributed by atoms with E-state index in [1.807, 2.05) is 6.92 Å². The molecule has 5 nitrogen and oxygen atoms in total. The van der Waals surface area contributed by atoms with Gasteiger partial charge in [0.2, 0.25) is 0 Å². The van der Waals surface area contributed by atoms with Crippen LogP contribution in [0.1, 0.15) is 30.6 Å². The number of rotatable bonds is 4. The molecule has 1 aliphatic rings. The highest BCUT2D eigenvalue weighted by Gasteiger charge is 2.31. The second-order valence-electron chi connectivity index (χ2n) is 5.89. The second-order valence-corrected chi connectivity index (χ2v) is 6.33. The molecule has 25 heavy (non-hydrogen) atoms. The maximum absolute atomic E-state index is 12.4. The normalized spacial score (nSPS) is 16.2. The highest BCUT2D eigenvalue weighted by atomic mass is 35.5. The average Bonchev–Trinajstić information content (AvgIpc) is 2.60. The van der Waals surface area contributed by atoms with Gasteiger partial charge in [-0.1, -0.05) is 18.5 Å². The molecular formula is C19H19ClN2O3. The molecule has 0 radical (unpaired) electrons. The summed E-state index contributed by atoms with van der Waals surface area (Å²) in [4.78, 5) is 26.4. The molecule has 2 aromatic rings. The number of nitrogens with one attached hydrogen (secondary N) is 1. The first-order valence-corrected chi connectivity index (χ1v) is 8.56. The van der Waals surface area contributed by atoms with Crippen LogP contribution in [0, 0.1) is 0 Å². The third kappa shape index (κ3) is 3.61. The summed E-state index contributed by atoms with van der Waals surface area (Å²) >= 11 is 5.84. The Kier molecular flexibility index (Phi) is 4.95. The van der Waals surface area contributed by atoms with Crippen LogP contribution in [0.2, 0.25) is 5.02 Å². The van der Waals surface area contributed by atoms with Crippen molar-refractivity contribution >= 4 is 34.8 Å². The molecule has 0 bridgehead atoms. The molecule has 1 aliphatic heterocycles. The van der Waals surface area contributed by atoms with Gasteiger partial charge in [0.05, 0.1) is 5.69 Å². The van der Waals surface area contributed by atoms with Crippen molar-refractivity contribution in [2.45, 2.75) is 26.4 Å². The molecular weight excluding hydrogens is 340 g/mol. The molecule has 130 valence electrons. The highest BCUT2D eigenvalue weighted by Crippen LogP contribution is 2.36. The summed E-state index contributed by atoms with van der Waals surface area (Å²) in [7, 11) is 0. The Morgan fingerprint density at radius 3 is 2.64 bits per heavy atom. The topological polar surface area (TPSA) is 58.6 Å². The molecule has 2 aromatic carbocycles. The molecule has 0 saturated heterocycles. The molecule has 0 fully saturated rings. The van der Waals surface area contributed by atoms with Crippen LogP contribution >= 0.6 is 11.6 Å². The van der Waals surface area contributed by atoms with Crippen molar-refractivity contribution in [3.63, 3.8) is 0 Å². The first-order valence-electron chi connectivity index (χ1n) is 8.18.